The van der Waals surface area contributed by atoms with Crippen LogP contribution in [-0.4, -0.2) is 6.71 Å². The molecule has 0 aromatic heterocycles. The molecule has 2 heterocycles. The van der Waals surface area contributed by atoms with Gasteiger partial charge in [0.05, 0.1) is 5.69 Å². The summed E-state index contributed by atoms with van der Waals surface area (Å²) in [6, 6.07) is 46.3. The number of anilines is 3. The van der Waals surface area contributed by atoms with Gasteiger partial charge in [0.1, 0.15) is 23.0 Å². The first-order valence-electron chi connectivity index (χ1n) is 12.9. The number of ether oxygens (including phenoxy) is 2. The summed E-state index contributed by atoms with van der Waals surface area (Å²) < 4.78 is 13.3. The number of hydrogen-bond donors (Lipinski definition) is 0. The summed E-state index contributed by atoms with van der Waals surface area (Å²) in [5.74, 6) is 3.44. The van der Waals surface area contributed by atoms with E-state index in [2.05, 4.69) is 120 Å². The van der Waals surface area contributed by atoms with Crippen molar-refractivity contribution < 1.29 is 9.47 Å². The number of rotatable bonds is 3. The van der Waals surface area contributed by atoms with E-state index in [1.165, 1.54) is 16.2 Å². The Hall–Kier alpha value is -4.96. The molecule has 0 saturated heterocycles. The minimum Gasteiger partial charge on any atom is -0.458 e. The lowest BCUT2D eigenvalue weighted by Crippen LogP contribution is -2.57. The van der Waals surface area contributed by atoms with E-state index < -0.39 is 0 Å². The van der Waals surface area contributed by atoms with Gasteiger partial charge in [-0.2, -0.15) is 0 Å². The van der Waals surface area contributed by atoms with Gasteiger partial charge in [0.2, 0.25) is 0 Å². The summed E-state index contributed by atoms with van der Waals surface area (Å²) in [5.41, 5.74) is 6.57. The Kier molecular flexibility index (Phi) is 4.62. The Balaban J connectivity index is 1.39. The van der Waals surface area contributed by atoms with E-state index in [0.717, 1.165) is 51.0 Å². The maximum atomic E-state index is 6.70. The average Bonchev–Trinajstić information content (AvgIpc) is 2.98. The fraction of sp³-hybridized carbons (Fsp3) is 0. The highest BCUT2D eigenvalue weighted by Crippen LogP contribution is 2.42. The minimum absolute atomic E-state index is 0.0238. The van der Waals surface area contributed by atoms with Gasteiger partial charge in [-0.3, -0.25) is 0 Å². The first-order chi connectivity index (χ1) is 18.8. The van der Waals surface area contributed by atoms with Gasteiger partial charge in [-0.1, -0.05) is 84.9 Å². The first kappa shape index (κ1) is 21.2. The maximum absolute atomic E-state index is 6.70. The molecule has 0 N–H and O–H groups in total. The molecule has 3 nitrogen and oxygen atoms in total. The van der Waals surface area contributed by atoms with Gasteiger partial charge in [0.25, 0.3) is 6.71 Å². The normalized spacial score (nSPS) is 12.6. The van der Waals surface area contributed by atoms with E-state index in [-0.39, 0.29) is 6.71 Å². The summed E-state index contributed by atoms with van der Waals surface area (Å²) in [7, 11) is 0. The van der Waals surface area contributed by atoms with Gasteiger partial charge in [-0.05, 0) is 58.1 Å². The number of benzene rings is 6. The Morgan fingerprint density at radius 2 is 1.05 bits per heavy atom. The van der Waals surface area contributed by atoms with Crippen LogP contribution < -0.4 is 30.8 Å². The largest absolute Gasteiger partial charge is 0.458 e. The van der Waals surface area contributed by atoms with Crippen molar-refractivity contribution in [2.45, 2.75) is 0 Å². The zero-order valence-corrected chi connectivity index (χ0v) is 20.5. The molecular formula is C34H22BNO2. The number of para-hydroxylation sites is 3. The lowest BCUT2D eigenvalue weighted by Gasteiger charge is -2.35. The Morgan fingerprint density at radius 3 is 1.79 bits per heavy atom. The van der Waals surface area contributed by atoms with Gasteiger partial charge < -0.3 is 14.4 Å². The second-order valence-electron chi connectivity index (χ2n) is 9.74. The summed E-state index contributed by atoms with van der Waals surface area (Å²) in [6.45, 7) is 0.0238. The topological polar surface area (TPSA) is 21.7 Å². The second kappa shape index (κ2) is 8.29. The highest BCUT2D eigenvalue weighted by Gasteiger charge is 2.41. The van der Waals surface area contributed by atoms with Crippen LogP contribution in [0, 0.1) is 0 Å². The highest BCUT2D eigenvalue weighted by atomic mass is 16.5. The average molecular weight is 487 g/mol. The monoisotopic (exact) mass is 487 g/mol. The molecule has 2 aliphatic heterocycles. The van der Waals surface area contributed by atoms with Crippen LogP contribution in [0.5, 0.6) is 23.0 Å². The first-order valence-corrected chi connectivity index (χ1v) is 12.9. The molecule has 0 aliphatic carbocycles. The lowest BCUT2D eigenvalue weighted by molar-refractivity contribution is 0.465. The molecule has 8 rings (SSSR count). The zero-order chi connectivity index (χ0) is 25.1. The SMILES string of the molecule is c1ccc(N(c2ccccc2)c2cc3c4c(c2)Oc2ccc5ccccc5c2B4c2ccccc2O3)cc1. The van der Waals surface area contributed by atoms with Crippen molar-refractivity contribution in [3.05, 3.63) is 133 Å². The van der Waals surface area contributed by atoms with E-state index in [1.54, 1.807) is 0 Å². The quantitative estimate of drug-likeness (QED) is 0.250. The fourth-order valence-electron chi connectivity index (χ4n) is 5.94. The van der Waals surface area contributed by atoms with Crippen LogP contribution in [0.4, 0.5) is 17.1 Å². The third-order valence-electron chi connectivity index (χ3n) is 7.55. The maximum Gasteiger partial charge on any atom is 0.261 e. The minimum atomic E-state index is 0.0238. The molecule has 0 unspecified atom stereocenters. The van der Waals surface area contributed by atoms with Crippen LogP contribution in [0.3, 0.4) is 0 Å². The van der Waals surface area contributed by atoms with E-state index in [9.17, 15) is 0 Å². The molecule has 6 aromatic carbocycles. The van der Waals surface area contributed by atoms with Gasteiger partial charge in [0.15, 0.2) is 0 Å². The molecule has 0 fully saturated rings. The van der Waals surface area contributed by atoms with Crippen molar-refractivity contribution in [3.63, 3.8) is 0 Å². The van der Waals surface area contributed by atoms with Crippen LogP contribution in [0.25, 0.3) is 10.8 Å². The lowest BCUT2D eigenvalue weighted by atomic mass is 9.34. The smallest absolute Gasteiger partial charge is 0.261 e. The van der Waals surface area contributed by atoms with E-state index >= 15 is 0 Å². The summed E-state index contributed by atoms with van der Waals surface area (Å²) in [4.78, 5) is 2.24. The molecule has 0 amide bonds. The zero-order valence-electron chi connectivity index (χ0n) is 20.5. The molecular weight excluding hydrogens is 465 g/mol. The van der Waals surface area contributed by atoms with Crippen molar-refractivity contribution >= 4 is 50.9 Å². The summed E-state index contributed by atoms with van der Waals surface area (Å²) >= 11 is 0. The molecule has 0 atom stereocenters. The van der Waals surface area contributed by atoms with Crippen molar-refractivity contribution in [1.29, 1.82) is 0 Å². The van der Waals surface area contributed by atoms with Gasteiger partial charge in [0, 0.05) is 29.0 Å². The standard InChI is InChI=1S/C34H22BNO2/c1-3-12-24(13-4-1)36(25-14-5-2-6-15-25)26-21-31-34-32(22-26)38-30-20-19-23-11-7-8-16-27(23)33(30)35(34)28-17-9-10-18-29(28)37-31/h1-22H. The number of nitrogens with zero attached hydrogens (tertiary/aromatic N) is 1. The van der Waals surface area contributed by atoms with Crippen LogP contribution >= 0.6 is 0 Å². The molecule has 178 valence electrons. The van der Waals surface area contributed by atoms with Crippen LogP contribution in [0.15, 0.2) is 133 Å². The Morgan fingerprint density at radius 1 is 0.447 bits per heavy atom. The second-order valence-corrected chi connectivity index (χ2v) is 9.74. The molecule has 4 heteroatoms. The summed E-state index contributed by atoms with van der Waals surface area (Å²) in [6.07, 6.45) is 0. The molecule has 38 heavy (non-hydrogen) atoms. The Labute approximate surface area is 221 Å². The van der Waals surface area contributed by atoms with Crippen LogP contribution in [0.2, 0.25) is 0 Å². The predicted octanol–water partition coefficient (Wildman–Crippen LogP) is 7.04. The predicted molar refractivity (Wildman–Crippen MR) is 156 cm³/mol. The third kappa shape index (κ3) is 3.17. The molecule has 0 saturated carbocycles. The third-order valence-corrected chi connectivity index (χ3v) is 7.55. The van der Waals surface area contributed by atoms with Crippen molar-refractivity contribution in [1.82, 2.24) is 0 Å². The fourth-order valence-corrected chi connectivity index (χ4v) is 5.94. The highest BCUT2D eigenvalue weighted by molar-refractivity contribution is 6.99. The van der Waals surface area contributed by atoms with Crippen molar-refractivity contribution in [3.8, 4) is 23.0 Å². The molecule has 6 aromatic rings. The van der Waals surface area contributed by atoms with E-state index in [4.69, 9.17) is 9.47 Å². The van der Waals surface area contributed by atoms with E-state index in [0.29, 0.717) is 0 Å². The molecule has 0 radical (unpaired) electrons. The van der Waals surface area contributed by atoms with Gasteiger partial charge in [-0.15, -0.1) is 0 Å². The Bertz CT molecular complexity index is 1780. The van der Waals surface area contributed by atoms with E-state index in [1.807, 2.05) is 18.2 Å². The van der Waals surface area contributed by atoms with Crippen LogP contribution in [0.1, 0.15) is 0 Å². The van der Waals surface area contributed by atoms with Crippen molar-refractivity contribution in [2.24, 2.45) is 0 Å². The van der Waals surface area contributed by atoms with Gasteiger partial charge in [-0.25, -0.2) is 0 Å². The molecule has 0 spiro atoms. The molecule has 0 bridgehead atoms. The number of hydrogen-bond acceptors (Lipinski definition) is 3. The molecule has 2 aliphatic rings. The van der Waals surface area contributed by atoms with Crippen molar-refractivity contribution in [2.75, 3.05) is 4.90 Å². The van der Waals surface area contributed by atoms with Crippen LogP contribution in [-0.2, 0) is 0 Å². The number of fused-ring (bicyclic) bond motifs is 6. The summed E-state index contributed by atoms with van der Waals surface area (Å²) in [5, 5.41) is 2.42. The van der Waals surface area contributed by atoms with Gasteiger partial charge >= 0.3 is 0 Å².